The summed E-state index contributed by atoms with van der Waals surface area (Å²) in [6.45, 7) is 9.43. The Labute approximate surface area is 94.7 Å². The van der Waals surface area contributed by atoms with E-state index in [1.165, 1.54) is 0 Å². The molecule has 0 fully saturated rings. The number of halogens is 1. The third kappa shape index (κ3) is 2.05. The molecule has 0 unspecified atom stereocenters. The van der Waals surface area contributed by atoms with Crippen LogP contribution in [0.4, 0.5) is 5.69 Å². The molecule has 2 N–H and O–H groups in total. The number of carbonyl (C=O) groups is 1. The fourth-order valence-electron chi connectivity index (χ4n) is 1.58. The number of hydrogen-bond donors (Lipinski definition) is 1. The summed E-state index contributed by atoms with van der Waals surface area (Å²) in [6.07, 6.45) is 0. The van der Waals surface area contributed by atoms with Crippen molar-refractivity contribution in [2.75, 3.05) is 5.73 Å². The molecule has 0 radical (unpaired) electrons. The second kappa shape index (κ2) is 4.07. The van der Waals surface area contributed by atoms with Crippen LogP contribution in [-0.4, -0.2) is 5.24 Å². The molecule has 0 bridgehead atoms. The van der Waals surface area contributed by atoms with Crippen LogP contribution >= 0.6 is 11.6 Å². The smallest absolute Gasteiger partial charge is 0.252 e. The molecule has 15 heavy (non-hydrogen) atoms. The van der Waals surface area contributed by atoms with Gasteiger partial charge in [-0.25, -0.2) is 0 Å². The van der Waals surface area contributed by atoms with Crippen LogP contribution in [0.3, 0.4) is 0 Å². The van der Waals surface area contributed by atoms with Crippen molar-refractivity contribution in [3.8, 4) is 0 Å². The molecule has 0 aliphatic rings. The third-order valence-electron chi connectivity index (χ3n) is 2.58. The van der Waals surface area contributed by atoms with E-state index in [0.717, 1.165) is 22.3 Å². The van der Waals surface area contributed by atoms with Crippen molar-refractivity contribution >= 4 is 28.1 Å². The van der Waals surface area contributed by atoms with Crippen LogP contribution < -0.4 is 5.73 Å². The minimum atomic E-state index is -0.485. The maximum Gasteiger partial charge on any atom is 0.252 e. The van der Waals surface area contributed by atoms with Gasteiger partial charge in [0, 0.05) is 11.3 Å². The maximum atomic E-state index is 11.2. The van der Waals surface area contributed by atoms with Crippen molar-refractivity contribution in [3.63, 3.8) is 0 Å². The van der Waals surface area contributed by atoms with E-state index in [1.54, 1.807) is 13.0 Å². The monoisotopic (exact) mass is 223 g/mol. The van der Waals surface area contributed by atoms with Gasteiger partial charge in [-0.3, -0.25) is 4.79 Å². The number of carbonyl (C=O) groups excluding carboxylic acids is 1. The quantitative estimate of drug-likeness (QED) is 0.618. The summed E-state index contributed by atoms with van der Waals surface area (Å²) in [5.74, 6) is 0. The topological polar surface area (TPSA) is 43.1 Å². The van der Waals surface area contributed by atoms with Crippen molar-refractivity contribution in [3.05, 3.63) is 34.9 Å². The Balaban J connectivity index is 3.59. The highest BCUT2D eigenvalue weighted by atomic mass is 35.5. The highest BCUT2D eigenvalue weighted by molar-refractivity contribution is 6.68. The SMILES string of the molecule is C=C(C)c1cc(C(=O)Cl)c(C)c(N)c1C. The fraction of sp³-hybridized carbons (Fsp3) is 0.250. The molecule has 3 heteroatoms. The molecule has 0 saturated carbocycles. The van der Waals surface area contributed by atoms with Crippen molar-refractivity contribution in [2.45, 2.75) is 20.8 Å². The number of anilines is 1. The molecule has 0 aliphatic heterocycles. The molecular formula is C12H14ClNO. The van der Waals surface area contributed by atoms with E-state index in [4.69, 9.17) is 17.3 Å². The van der Waals surface area contributed by atoms with Crippen LogP contribution in [0.2, 0.25) is 0 Å². The maximum absolute atomic E-state index is 11.2. The molecule has 0 aromatic heterocycles. The Morgan fingerprint density at radius 1 is 1.33 bits per heavy atom. The zero-order valence-corrected chi connectivity index (χ0v) is 9.90. The predicted molar refractivity (Wildman–Crippen MR) is 65.2 cm³/mol. The molecule has 0 amide bonds. The van der Waals surface area contributed by atoms with E-state index in [0.29, 0.717) is 11.3 Å². The molecule has 0 aliphatic carbocycles. The summed E-state index contributed by atoms with van der Waals surface area (Å²) in [7, 11) is 0. The number of rotatable bonds is 2. The Morgan fingerprint density at radius 3 is 2.20 bits per heavy atom. The lowest BCUT2D eigenvalue weighted by Crippen LogP contribution is -2.04. The predicted octanol–water partition coefficient (Wildman–Crippen LogP) is 3.30. The highest BCUT2D eigenvalue weighted by Crippen LogP contribution is 2.29. The van der Waals surface area contributed by atoms with Gasteiger partial charge in [-0.1, -0.05) is 12.2 Å². The number of hydrogen-bond acceptors (Lipinski definition) is 2. The van der Waals surface area contributed by atoms with Crippen LogP contribution in [0.5, 0.6) is 0 Å². The van der Waals surface area contributed by atoms with Crippen LogP contribution in [0.15, 0.2) is 12.6 Å². The molecule has 0 spiro atoms. The molecule has 2 nitrogen and oxygen atoms in total. The first-order chi connectivity index (χ1) is 6.86. The van der Waals surface area contributed by atoms with Gasteiger partial charge in [0.1, 0.15) is 0 Å². The minimum Gasteiger partial charge on any atom is -0.398 e. The van der Waals surface area contributed by atoms with E-state index < -0.39 is 5.24 Å². The zero-order valence-electron chi connectivity index (χ0n) is 9.15. The number of benzene rings is 1. The summed E-state index contributed by atoms with van der Waals surface area (Å²) >= 11 is 5.49. The molecule has 80 valence electrons. The summed E-state index contributed by atoms with van der Waals surface area (Å²) < 4.78 is 0. The first-order valence-electron chi connectivity index (χ1n) is 4.61. The normalized spacial score (nSPS) is 10.1. The van der Waals surface area contributed by atoms with Gasteiger partial charge in [-0.05, 0) is 55.1 Å². The van der Waals surface area contributed by atoms with Gasteiger partial charge < -0.3 is 5.73 Å². The van der Waals surface area contributed by atoms with Crippen molar-refractivity contribution in [1.82, 2.24) is 0 Å². The van der Waals surface area contributed by atoms with Gasteiger partial charge in [-0.2, -0.15) is 0 Å². The lowest BCUT2D eigenvalue weighted by Gasteiger charge is -2.13. The van der Waals surface area contributed by atoms with Crippen LogP contribution in [0, 0.1) is 13.8 Å². The zero-order chi connectivity index (χ0) is 11.7. The van der Waals surface area contributed by atoms with E-state index in [-0.39, 0.29) is 0 Å². The van der Waals surface area contributed by atoms with Crippen molar-refractivity contribution in [2.24, 2.45) is 0 Å². The Morgan fingerprint density at radius 2 is 1.80 bits per heavy atom. The summed E-state index contributed by atoms with van der Waals surface area (Å²) in [4.78, 5) is 11.2. The highest BCUT2D eigenvalue weighted by Gasteiger charge is 2.14. The third-order valence-corrected chi connectivity index (χ3v) is 2.78. The fourth-order valence-corrected chi connectivity index (χ4v) is 1.78. The standard InChI is InChI=1S/C12H14ClNO/c1-6(2)9-5-10(12(13)15)8(4)11(14)7(9)3/h5H,1,14H2,2-4H3. The summed E-state index contributed by atoms with van der Waals surface area (Å²) in [5.41, 5.74) is 10.4. The van der Waals surface area contributed by atoms with E-state index in [1.807, 2.05) is 13.8 Å². The second-order valence-corrected chi connectivity index (χ2v) is 4.03. The average Bonchev–Trinajstić information content (AvgIpc) is 2.13. The van der Waals surface area contributed by atoms with Crippen LogP contribution in [0.25, 0.3) is 5.57 Å². The van der Waals surface area contributed by atoms with Crippen molar-refractivity contribution < 1.29 is 4.79 Å². The lowest BCUT2D eigenvalue weighted by molar-refractivity contribution is 0.108. The number of nitrogen functional groups attached to an aromatic ring is 1. The largest absolute Gasteiger partial charge is 0.398 e. The molecule has 0 saturated heterocycles. The molecule has 0 atom stereocenters. The Hall–Kier alpha value is -1.28. The van der Waals surface area contributed by atoms with Crippen LogP contribution in [-0.2, 0) is 0 Å². The molecule has 1 aromatic carbocycles. The van der Waals surface area contributed by atoms with Crippen molar-refractivity contribution in [1.29, 1.82) is 0 Å². The second-order valence-electron chi connectivity index (χ2n) is 3.69. The van der Waals surface area contributed by atoms with Gasteiger partial charge in [0.25, 0.3) is 5.24 Å². The minimum absolute atomic E-state index is 0.456. The summed E-state index contributed by atoms with van der Waals surface area (Å²) in [6, 6.07) is 1.75. The molecular weight excluding hydrogens is 210 g/mol. The van der Waals surface area contributed by atoms with Gasteiger partial charge in [-0.15, -0.1) is 0 Å². The number of allylic oxidation sites excluding steroid dienone is 1. The van der Waals surface area contributed by atoms with Gasteiger partial charge in [0.15, 0.2) is 0 Å². The first kappa shape index (κ1) is 11.8. The van der Waals surface area contributed by atoms with Gasteiger partial charge in [0.2, 0.25) is 0 Å². The van der Waals surface area contributed by atoms with Gasteiger partial charge >= 0.3 is 0 Å². The first-order valence-corrected chi connectivity index (χ1v) is 4.99. The van der Waals surface area contributed by atoms with E-state index in [2.05, 4.69) is 6.58 Å². The number of nitrogens with two attached hydrogens (primary N) is 1. The summed E-state index contributed by atoms with van der Waals surface area (Å²) in [5, 5.41) is -0.485. The lowest BCUT2D eigenvalue weighted by atomic mass is 9.94. The molecule has 1 aromatic rings. The van der Waals surface area contributed by atoms with E-state index >= 15 is 0 Å². The average molecular weight is 224 g/mol. The van der Waals surface area contributed by atoms with E-state index in [9.17, 15) is 4.79 Å². The van der Waals surface area contributed by atoms with Crippen LogP contribution in [0.1, 0.15) is 34.0 Å². The molecule has 1 rings (SSSR count). The Kier molecular flexibility index (Phi) is 3.20. The molecule has 0 heterocycles. The Bertz CT molecular complexity index is 411. The van der Waals surface area contributed by atoms with Gasteiger partial charge in [0.05, 0.1) is 0 Å².